The lowest BCUT2D eigenvalue weighted by molar-refractivity contribution is 0.297. The lowest BCUT2D eigenvalue weighted by Gasteiger charge is -2.11. The van der Waals surface area contributed by atoms with Gasteiger partial charge in [0.05, 0.1) is 18.7 Å². The van der Waals surface area contributed by atoms with Crippen molar-refractivity contribution in [3.05, 3.63) is 54.4 Å². The molecule has 0 fully saturated rings. The molecule has 0 atom stereocenters. The third-order valence-electron chi connectivity index (χ3n) is 3.81. The van der Waals surface area contributed by atoms with Crippen LogP contribution in [0.25, 0.3) is 10.9 Å². The fourth-order valence-corrected chi connectivity index (χ4v) is 2.65. The van der Waals surface area contributed by atoms with Gasteiger partial charge in [0.2, 0.25) is 0 Å². The standard InChI is InChI=1S/C18H17N3O2/c1-2-5-15-14(4-1)18(21-12-20-15)19-11-13-6-7-16-17(10-13)23-9-3-8-22-16/h1-2,4-7,10,12H,3,8-9,11H2,(H,19,20,21). The molecule has 5 heteroatoms. The van der Waals surface area contributed by atoms with E-state index in [4.69, 9.17) is 9.47 Å². The Bertz CT molecular complexity index is 830. The van der Waals surface area contributed by atoms with Crippen molar-refractivity contribution < 1.29 is 9.47 Å². The van der Waals surface area contributed by atoms with E-state index < -0.39 is 0 Å². The van der Waals surface area contributed by atoms with E-state index in [0.717, 1.165) is 40.2 Å². The predicted molar refractivity (Wildman–Crippen MR) is 88.9 cm³/mol. The molecule has 1 aliphatic rings. The van der Waals surface area contributed by atoms with Crippen LogP contribution in [-0.4, -0.2) is 23.2 Å². The second kappa shape index (κ2) is 6.12. The van der Waals surface area contributed by atoms with Gasteiger partial charge in [0.25, 0.3) is 0 Å². The summed E-state index contributed by atoms with van der Waals surface area (Å²) in [5.41, 5.74) is 2.06. The average Bonchev–Trinajstić information content (AvgIpc) is 2.84. The minimum atomic E-state index is 0.664. The summed E-state index contributed by atoms with van der Waals surface area (Å²) in [6.45, 7) is 2.07. The van der Waals surface area contributed by atoms with Crippen LogP contribution in [0.5, 0.6) is 11.5 Å². The average molecular weight is 307 g/mol. The summed E-state index contributed by atoms with van der Waals surface area (Å²) in [4.78, 5) is 8.62. The van der Waals surface area contributed by atoms with Crippen LogP contribution in [0.1, 0.15) is 12.0 Å². The highest BCUT2D eigenvalue weighted by Crippen LogP contribution is 2.30. The van der Waals surface area contributed by atoms with E-state index in [1.54, 1.807) is 6.33 Å². The van der Waals surface area contributed by atoms with Crippen molar-refractivity contribution in [3.63, 3.8) is 0 Å². The Morgan fingerprint density at radius 2 is 1.83 bits per heavy atom. The maximum Gasteiger partial charge on any atom is 0.161 e. The number of fused-ring (bicyclic) bond motifs is 2. The number of hydrogen-bond acceptors (Lipinski definition) is 5. The first-order chi connectivity index (χ1) is 11.4. The molecule has 23 heavy (non-hydrogen) atoms. The van der Waals surface area contributed by atoms with Gasteiger partial charge in [-0.05, 0) is 29.8 Å². The van der Waals surface area contributed by atoms with Crippen LogP contribution < -0.4 is 14.8 Å². The molecule has 3 aromatic rings. The lowest BCUT2D eigenvalue weighted by Crippen LogP contribution is -2.03. The third-order valence-corrected chi connectivity index (χ3v) is 3.81. The predicted octanol–water partition coefficient (Wildman–Crippen LogP) is 3.40. The fraction of sp³-hybridized carbons (Fsp3) is 0.222. The molecule has 0 unspecified atom stereocenters. The molecule has 0 radical (unpaired) electrons. The van der Waals surface area contributed by atoms with Gasteiger partial charge in [0.1, 0.15) is 12.1 Å². The molecule has 0 amide bonds. The largest absolute Gasteiger partial charge is 0.490 e. The van der Waals surface area contributed by atoms with Gasteiger partial charge in [-0.1, -0.05) is 18.2 Å². The number of nitrogens with one attached hydrogen (secondary N) is 1. The van der Waals surface area contributed by atoms with Gasteiger partial charge in [0, 0.05) is 18.4 Å². The Morgan fingerprint density at radius 1 is 0.957 bits per heavy atom. The van der Waals surface area contributed by atoms with E-state index in [1.165, 1.54) is 0 Å². The number of para-hydroxylation sites is 1. The van der Waals surface area contributed by atoms with Gasteiger partial charge in [-0.15, -0.1) is 0 Å². The second-order valence-electron chi connectivity index (χ2n) is 5.42. The van der Waals surface area contributed by atoms with E-state index in [0.29, 0.717) is 19.8 Å². The van der Waals surface area contributed by atoms with Crippen molar-refractivity contribution >= 4 is 16.7 Å². The Labute approximate surface area is 134 Å². The van der Waals surface area contributed by atoms with E-state index in [2.05, 4.69) is 15.3 Å². The monoisotopic (exact) mass is 307 g/mol. The van der Waals surface area contributed by atoms with Gasteiger partial charge in [-0.3, -0.25) is 0 Å². The summed E-state index contributed by atoms with van der Waals surface area (Å²) in [6, 6.07) is 14.0. The second-order valence-corrected chi connectivity index (χ2v) is 5.42. The number of ether oxygens (including phenoxy) is 2. The zero-order valence-electron chi connectivity index (χ0n) is 12.7. The molecular weight excluding hydrogens is 290 g/mol. The van der Waals surface area contributed by atoms with Crippen LogP contribution in [-0.2, 0) is 6.54 Å². The molecule has 0 aliphatic carbocycles. The van der Waals surface area contributed by atoms with Gasteiger partial charge in [0.15, 0.2) is 11.5 Å². The molecule has 0 spiro atoms. The van der Waals surface area contributed by atoms with E-state index >= 15 is 0 Å². The first-order valence-corrected chi connectivity index (χ1v) is 7.72. The lowest BCUT2D eigenvalue weighted by atomic mass is 10.2. The summed E-state index contributed by atoms with van der Waals surface area (Å²) in [5.74, 6) is 2.47. The van der Waals surface area contributed by atoms with Gasteiger partial charge < -0.3 is 14.8 Å². The molecule has 2 aromatic carbocycles. The number of hydrogen-bond donors (Lipinski definition) is 1. The minimum Gasteiger partial charge on any atom is -0.490 e. The van der Waals surface area contributed by atoms with Crippen LogP contribution >= 0.6 is 0 Å². The van der Waals surface area contributed by atoms with Crippen LogP contribution in [0.2, 0.25) is 0 Å². The van der Waals surface area contributed by atoms with Crippen molar-refractivity contribution in [2.75, 3.05) is 18.5 Å². The highest BCUT2D eigenvalue weighted by molar-refractivity contribution is 5.88. The van der Waals surface area contributed by atoms with Crippen molar-refractivity contribution in [2.45, 2.75) is 13.0 Å². The molecule has 1 aromatic heterocycles. The minimum absolute atomic E-state index is 0.664. The molecule has 5 nitrogen and oxygen atoms in total. The zero-order valence-corrected chi connectivity index (χ0v) is 12.7. The van der Waals surface area contributed by atoms with Crippen molar-refractivity contribution in [3.8, 4) is 11.5 Å². The maximum atomic E-state index is 5.73. The number of aromatic nitrogens is 2. The van der Waals surface area contributed by atoms with E-state index in [9.17, 15) is 0 Å². The molecule has 0 saturated carbocycles. The highest BCUT2D eigenvalue weighted by atomic mass is 16.5. The number of rotatable bonds is 3. The number of benzene rings is 2. The topological polar surface area (TPSA) is 56.3 Å². The summed E-state index contributed by atoms with van der Waals surface area (Å²) in [7, 11) is 0. The molecule has 0 bridgehead atoms. The Balaban J connectivity index is 1.55. The quantitative estimate of drug-likeness (QED) is 0.803. The summed E-state index contributed by atoms with van der Waals surface area (Å²) in [5, 5.41) is 4.40. The summed E-state index contributed by atoms with van der Waals surface area (Å²) < 4.78 is 11.4. The Hall–Kier alpha value is -2.82. The molecule has 1 N–H and O–H groups in total. The number of nitrogens with zero attached hydrogens (tertiary/aromatic N) is 2. The molecule has 4 rings (SSSR count). The van der Waals surface area contributed by atoms with Crippen molar-refractivity contribution in [1.29, 1.82) is 0 Å². The maximum absolute atomic E-state index is 5.73. The van der Waals surface area contributed by atoms with E-state index in [1.807, 2.05) is 42.5 Å². The van der Waals surface area contributed by atoms with Gasteiger partial charge in [-0.2, -0.15) is 0 Å². The first-order valence-electron chi connectivity index (χ1n) is 7.72. The highest BCUT2D eigenvalue weighted by Gasteiger charge is 2.11. The Morgan fingerprint density at radius 3 is 2.78 bits per heavy atom. The molecule has 0 saturated heterocycles. The normalized spacial score (nSPS) is 13.6. The summed E-state index contributed by atoms with van der Waals surface area (Å²) >= 11 is 0. The summed E-state index contributed by atoms with van der Waals surface area (Å²) in [6.07, 6.45) is 2.49. The Kier molecular flexibility index (Phi) is 3.68. The van der Waals surface area contributed by atoms with Crippen LogP contribution in [0.15, 0.2) is 48.8 Å². The van der Waals surface area contributed by atoms with E-state index in [-0.39, 0.29) is 0 Å². The smallest absolute Gasteiger partial charge is 0.161 e. The van der Waals surface area contributed by atoms with Crippen LogP contribution in [0, 0.1) is 0 Å². The SMILES string of the molecule is c1ccc2c(NCc3ccc4c(c3)OCCCO4)ncnc2c1. The molecule has 116 valence electrons. The number of anilines is 1. The van der Waals surface area contributed by atoms with Crippen LogP contribution in [0.4, 0.5) is 5.82 Å². The molecule has 2 heterocycles. The van der Waals surface area contributed by atoms with Crippen molar-refractivity contribution in [1.82, 2.24) is 9.97 Å². The van der Waals surface area contributed by atoms with Gasteiger partial charge >= 0.3 is 0 Å². The van der Waals surface area contributed by atoms with Crippen molar-refractivity contribution in [2.24, 2.45) is 0 Å². The molecule has 1 aliphatic heterocycles. The fourth-order valence-electron chi connectivity index (χ4n) is 2.65. The molecular formula is C18H17N3O2. The van der Waals surface area contributed by atoms with Gasteiger partial charge in [-0.25, -0.2) is 9.97 Å². The first kappa shape index (κ1) is 13.8. The van der Waals surface area contributed by atoms with Crippen LogP contribution in [0.3, 0.4) is 0 Å². The zero-order chi connectivity index (χ0) is 15.5. The third kappa shape index (κ3) is 2.90.